The Kier molecular flexibility index (Phi) is 11.1. The molecule has 6 heteroatoms. The van der Waals surface area contributed by atoms with Crippen LogP contribution in [-0.2, 0) is 20.7 Å². The van der Waals surface area contributed by atoms with Gasteiger partial charge < -0.3 is 20.1 Å². The number of hydrogen-bond acceptors (Lipinski definition) is 4. The van der Waals surface area contributed by atoms with E-state index in [1.54, 1.807) is 0 Å². The van der Waals surface area contributed by atoms with Crippen molar-refractivity contribution >= 4 is 12.0 Å². The molecule has 2 N–H and O–H groups in total. The Labute approximate surface area is 143 Å². The maximum Gasteiger partial charge on any atom is 0.314 e. The van der Waals surface area contributed by atoms with Crippen molar-refractivity contribution in [3.8, 4) is 0 Å². The molecule has 0 aromatic heterocycles. The van der Waals surface area contributed by atoms with Gasteiger partial charge in [-0.25, -0.2) is 4.79 Å². The highest BCUT2D eigenvalue weighted by Crippen LogP contribution is 1.99. The molecule has 1 rings (SSSR count). The first-order chi connectivity index (χ1) is 11.7. The van der Waals surface area contributed by atoms with Crippen LogP contribution in [0.4, 0.5) is 4.79 Å². The second kappa shape index (κ2) is 13.4. The van der Waals surface area contributed by atoms with E-state index in [0.29, 0.717) is 39.1 Å². The Bertz CT molecular complexity index is 465. The number of esters is 1. The van der Waals surface area contributed by atoms with E-state index in [-0.39, 0.29) is 12.0 Å². The van der Waals surface area contributed by atoms with Crippen molar-refractivity contribution in [2.45, 2.75) is 32.1 Å². The molecule has 0 bridgehead atoms. The molecule has 0 spiro atoms. The number of rotatable bonds is 12. The summed E-state index contributed by atoms with van der Waals surface area (Å²) in [6.07, 6.45) is 3.54. The van der Waals surface area contributed by atoms with Gasteiger partial charge in [0.2, 0.25) is 0 Å². The van der Waals surface area contributed by atoms with Crippen LogP contribution in [0.25, 0.3) is 0 Å². The number of methoxy groups -OCH3 is 1. The molecule has 1 aromatic rings. The van der Waals surface area contributed by atoms with E-state index in [1.165, 1.54) is 12.7 Å². The van der Waals surface area contributed by atoms with Crippen molar-refractivity contribution in [3.05, 3.63) is 35.9 Å². The standard InChI is InChI=1S/C18H28N2O4/c1-23-17(21)10-5-6-12-19-18(22)20-13-7-14-24-15-11-16-8-3-2-4-9-16/h2-4,8-9H,5-7,10-15H2,1H3,(H2,19,20,22). The van der Waals surface area contributed by atoms with Crippen molar-refractivity contribution in [2.24, 2.45) is 0 Å². The molecule has 134 valence electrons. The van der Waals surface area contributed by atoms with Gasteiger partial charge in [0.05, 0.1) is 13.7 Å². The summed E-state index contributed by atoms with van der Waals surface area (Å²) < 4.78 is 10.1. The van der Waals surface area contributed by atoms with Crippen LogP contribution in [0.1, 0.15) is 31.2 Å². The van der Waals surface area contributed by atoms with Crippen LogP contribution in [0.15, 0.2) is 30.3 Å². The van der Waals surface area contributed by atoms with Gasteiger partial charge in [-0.3, -0.25) is 4.79 Å². The largest absolute Gasteiger partial charge is 0.469 e. The Morgan fingerprint density at radius 1 is 0.958 bits per heavy atom. The lowest BCUT2D eigenvalue weighted by atomic mass is 10.2. The van der Waals surface area contributed by atoms with Gasteiger partial charge in [-0.1, -0.05) is 30.3 Å². The summed E-state index contributed by atoms with van der Waals surface area (Å²) in [7, 11) is 1.37. The lowest BCUT2D eigenvalue weighted by molar-refractivity contribution is -0.140. The molecule has 0 aliphatic heterocycles. The number of amides is 2. The molecule has 0 radical (unpaired) electrons. The maximum absolute atomic E-state index is 11.5. The molecule has 0 atom stereocenters. The fourth-order valence-electron chi connectivity index (χ4n) is 2.07. The van der Waals surface area contributed by atoms with Gasteiger partial charge in [-0.15, -0.1) is 0 Å². The van der Waals surface area contributed by atoms with Gasteiger partial charge in [0.25, 0.3) is 0 Å². The SMILES string of the molecule is COC(=O)CCCCNC(=O)NCCCOCCc1ccccc1. The van der Waals surface area contributed by atoms with E-state index in [2.05, 4.69) is 27.5 Å². The minimum absolute atomic E-state index is 0.183. The van der Waals surface area contributed by atoms with E-state index in [1.807, 2.05) is 18.2 Å². The van der Waals surface area contributed by atoms with Gasteiger partial charge in [0.15, 0.2) is 0 Å². The Morgan fingerprint density at radius 3 is 2.38 bits per heavy atom. The van der Waals surface area contributed by atoms with Gasteiger partial charge in [0.1, 0.15) is 0 Å². The second-order valence-electron chi connectivity index (χ2n) is 5.42. The quantitative estimate of drug-likeness (QED) is 0.453. The topological polar surface area (TPSA) is 76.7 Å². The van der Waals surface area contributed by atoms with Gasteiger partial charge in [0, 0.05) is 26.1 Å². The third kappa shape index (κ3) is 10.6. The number of carbonyl (C=O) groups excluding carboxylic acids is 2. The summed E-state index contributed by atoms with van der Waals surface area (Å²) in [6.45, 7) is 2.46. The van der Waals surface area contributed by atoms with Crippen molar-refractivity contribution in [3.63, 3.8) is 0 Å². The van der Waals surface area contributed by atoms with Crippen molar-refractivity contribution in [1.29, 1.82) is 0 Å². The number of carbonyl (C=O) groups is 2. The first-order valence-corrected chi connectivity index (χ1v) is 8.42. The van der Waals surface area contributed by atoms with Crippen LogP contribution < -0.4 is 10.6 Å². The van der Waals surface area contributed by atoms with E-state index in [0.717, 1.165) is 19.3 Å². The number of benzene rings is 1. The molecule has 2 amide bonds. The second-order valence-corrected chi connectivity index (χ2v) is 5.42. The highest BCUT2D eigenvalue weighted by atomic mass is 16.5. The monoisotopic (exact) mass is 336 g/mol. The smallest absolute Gasteiger partial charge is 0.314 e. The molecule has 0 heterocycles. The Morgan fingerprint density at radius 2 is 1.67 bits per heavy atom. The first kappa shape index (κ1) is 20.0. The van der Waals surface area contributed by atoms with E-state index >= 15 is 0 Å². The van der Waals surface area contributed by atoms with Crippen LogP contribution in [0.3, 0.4) is 0 Å². The number of urea groups is 1. The van der Waals surface area contributed by atoms with Crippen LogP contribution in [-0.4, -0.2) is 45.4 Å². The molecule has 6 nitrogen and oxygen atoms in total. The van der Waals surface area contributed by atoms with E-state index in [9.17, 15) is 9.59 Å². The maximum atomic E-state index is 11.5. The molecule has 0 fully saturated rings. The predicted molar refractivity (Wildman–Crippen MR) is 92.9 cm³/mol. The first-order valence-electron chi connectivity index (χ1n) is 8.42. The molecule has 0 saturated heterocycles. The third-order valence-electron chi connectivity index (χ3n) is 3.45. The zero-order valence-corrected chi connectivity index (χ0v) is 14.4. The van der Waals surface area contributed by atoms with Crippen LogP contribution in [0.2, 0.25) is 0 Å². The molecule has 24 heavy (non-hydrogen) atoms. The molecule has 0 aliphatic carbocycles. The summed E-state index contributed by atoms with van der Waals surface area (Å²) in [5.41, 5.74) is 1.27. The van der Waals surface area contributed by atoms with E-state index < -0.39 is 0 Å². The average Bonchev–Trinajstić information content (AvgIpc) is 2.61. The van der Waals surface area contributed by atoms with Gasteiger partial charge in [-0.2, -0.15) is 0 Å². The van der Waals surface area contributed by atoms with Crippen LogP contribution in [0.5, 0.6) is 0 Å². The Hall–Kier alpha value is -2.08. The van der Waals surface area contributed by atoms with Crippen molar-refractivity contribution in [2.75, 3.05) is 33.4 Å². The normalized spacial score (nSPS) is 10.2. The number of unbranched alkanes of at least 4 members (excludes halogenated alkanes) is 1. The predicted octanol–water partition coefficient (Wildman–Crippen LogP) is 2.28. The summed E-state index contributed by atoms with van der Waals surface area (Å²) in [4.78, 5) is 22.4. The summed E-state index contributed by atoms with van der Waals surface area (Å²) in [5.74, 6) is -0.216. The van der Waals surface area contributed by atoms with Gasteiger partial charge in [-0.05, 0) is 31.2 Å². The number of nitrogens with one attached hydrogen (secondary N) is 2. The fraction of sp³-hybridized carbons (Fsp3) is 0.556. The van der Waals surface area contributed by atoms with Crippen molar-refractivity contribution < 1.29 is 19.1 Å². The minimum Gasteiger partial charge on any atom is -0.469 e. The van der Waals surface area contributed by atoms with Crippen LogP contribution >= 0.6 is 0 Å². The van der Waals surface area contributed by atoms with Crippen LogP contribution in [0, 0.1) is 0 Å². The lowest BCUT2D eigenvalue weighted by Gasteiger charge is -2.08. The minimum atomic E-state index is -0.216. The number of hydrogen-bond donors (Lipinski definition) is 2. The van der Waals surface area contributed by atoms with E-state index in [4.69, 9.17) is 4.74 Å². The van der Waals surface area contributed by atoms with Gasteiger partial charge >= 0.3 is 12.0 Å². The van der Waals surface area contributed by atoms with Crippen molar-refractivity contribution in [1.82, 2.24) is 10.6 Å². The molecule has 0 aliphatic rings. The zero-order chi connectivity index (χ0) is 17.5. The zero-order valence-electron chi connectivity index (χ0n) is 14.4. The third-order valence-corrected chi connectivity index (χ3v) is 3.45. The fourth-order valence-corrected chi connectivity index (χ4v) is 2.07. The molecule has 0 saturated carbocycles. The molecular weight excluding hydrogens is 308 g/mol. The molecule has 0 unspecified atom stereocenters. The molecular formula is C18H28N2O4. The Balaban J connectivity index is 1.86. The summed E-state index contributed by atoms with van der Waals surface area (Å²) in [6, 6.07) is 10.0. The number of ether oxygens (including phenoxy) is 2. The molecule has 1 aromatic carbocycles. The highest BCUT2D eigenvalue weighted by molar-refractivity contribution is 5.73. The lowest BCUT2D eigenvalue weighted by Crippen LogP contribution is -2.36. The average molecular weight is 336 g/mol. The highest BCUT2D eigenvalue weighted by Gasteiger charge is 2.01. The summed E-state index contributed by atoms with van der Waals surface area (Å²) in [5, 5.41) is 5.54. The summed E-state index contributed by atoms with van der Waals surface area (Å²) >= 11 is 0.